The lowest BCUT2D eigenvalue weighted by atomic mass is 10.1. The van der Waals surface area contributed by atoms with E-state index in [1.807, 2.05) is 41.5 Å². The first-order valence-corrected chi connectivity index (χ1v) is 7.00. The maximum atomic E-state index is 4.65. The molecule has 0 fully saturated rings. The molecule has 4 heteroatoms. The zero-order chi connectivity index (χ0) is 14.9. The third kappa shape index (κ3) is 3.00. The first-order chi connectivity index (χ1) is 9.38. The Hall–Kier alpha value is -1.84. The first kappa shape index (κ1) is 14.6. The van der Waals surface area contributed by atoms with Gasteiger partial charge in [-0.3, -0.25) is 19.9 Å². The average Bonchev–Trinajstić information content (AvgIpc) is 2.37. The number of nitrogens with zero attached hydrogens (tertiary/aromatic N) is 4. The highest BCUT2D eigenvalue weighted by Gasteiger charge is 2.09. The summed E-state index contributed by atoms with van der Waals surface area (Å²) in [4.78, 5) is 18.4. The fourth-order valence-electron chi connectivity index (χ4n) is 2.23. The molecule has 0 spiro atoms. The molecule has 0 N–H and O–H groups in total. The third-order valence-corrected chi connectivity index (χ3v) is 3.76. The Kier molecular flexibility index (Phi) is 4.12. The SMILES string of the molecule is Cc1nc(C)c(CCc2nc(C)c(C)nc2C)nc1C. The van der Waals surface area contributed by atoms with Crippen LogP contribution in [0.25, 0.3) is 0 Å². The third-order valence-electron chi connectivity index (χ3n) is 3.76. The van der Waals surface area contributed by atoms with Crippen LogP contribution in [-0.4, -0.2) is 19.9 Å². The monoisotopic (exact) mass is 270 g/mol. The summed E-state index contributed by atoms with van der Waals surface area (Å²) in [5.41, 5.74) is 8.19. The van der Waals surface area contributed by atoms with Gasteiger partial charge in [0, 0.05) is 0 Å². The van der Waals surface area contributed by atoms with Crippen LogP contribution in [0.1, 0.15) is 45.6 Å². The lowest BCUT2D eigenvalue weighted by molar-refractivity contribution is 0.806. The van der Waals surface area contributed by atoms with Gasteiger partial charge in [-0.05, 0) is 54.4 Å². The van der Waals surface area contributed by atoms with Gasteiger partial charge >= 0.3 is 0 Å². The van der Waals surface area contributed by atoms with E-state index in [-0.39, 0.29) is 0 Å². The molecule has 0 saturated heterocycles. The van der Waals surface area contributed by atoms with Gasteiger partial charge in [-0.15, -0.1) is 0 Å². The standard InChI is InChI=1S/C16H22N4/c1-9-11(3)19-15(13(5)17-9)7-8-16-14(6)18-10(2)12(4)20-16/h7-8H2,1-6H3. The van der Waals surface area contributed by atoms with Gasteiger partial charge in [-0.2, -0.15) is 0 Å². The van der Waals surface area contributed by atoms with E-state index in [2.05, 4.69) is 19.9 Å². The van der Waals surface area contributed by atoms with Crippen molar-refractivity contribution >= 4 is 0 Å². The van der Waals surface area contributed by atoms with Crippen LogP contribution in [0.4, 0.5) is 0 Å². The molecule has 2 rings (SSSR count). The maximum absolute atomic E-state index is 4.65. The Bertz CT molecular complexity index is 590. The summed E-state index contributed by atoms with van der Waals surface area (Å²) in [6.07, 6.45) is 1.72. The van der Waals surface area contributed by atoms with Crippen LogP contribution in [0.15, 0.2) is 0 Å². The lowest BCUT2D eigenvalue weighted by Crippen LogP contribution is -2.08. The molecule has 4 nitrogen and oxygen atoms in total. The molecule has 0 bridgehead atoms. The molecular formula is C16H22N4. The first-order valence-electron chi connectivity index (χ1n) is 7.00. The van der Waals surface area contributed by atoms with Crippen molar-refractivity contribution in [2.75, 3.05) is 0 Å². The van der Waals surface area contributed by atoms with Crippen LogP contribution in [0, 0.1) is 41.5 Å². The average molecular weight is 270 g/mol. The number of hydrogen-bond acceptors (Lipinski definition) is 4. The molecule has 0 aliphatic rings. The van der Waals surface area contributed by atoms with Gasteiger partial charge in [-0.25, -0.2) is 0 Å². The molecule has 0 unspecified atom stereocenters. The second-order valence-electron chi connectivity index (χ2n) is 5.35. The molecule has 0 radical (unpaired) electrons. The van der Waals surface area contributed by atoms with E-state index >= 15 is 0 Å². The fourth-order valence-corrected chi connectivity index (χ4v) is 2.23. The Morgan fingerprint density at radius 2 is 0.750 bits per heavy atom. The Morgan fingerprint density at radius 1 is 0.450 bits per heavy atom. The van der Waals surface area contributed by atoms with Crippen molar-refractivity contribution in [3.63, 3.8) is 0 Å². The van der Waals surface area contributed by atoms with E-state index in [9.17, 15) is 0 Å². The highest BCUT2D eigenvalue weighted by molar-refractivity contribution is 5.21. The zero-order valence-electron chi connectivity index (χ0n) is 13.2. The smallest absolute Gasteiger partial charge is 0.0623 e. The molecule has 0 atom stereocenters. The minimum absolute atomic E-state index is 0.859. The molecule has 2 aromatic heterocycles. The second-order valence-corrected chi connectivity index (χ2v) is 5.35. The van der Waals surface area contributed by atoms with Gasteiger partial charge in [0.2, 0.25) is 0 Å². The summed E-state index contributed by atoms with van der Waals surface area (Å²) in [6.45, 7) is 12.1. The predicted molar refractivity (Wildman–Crippen MR) is 79.9 cm³/mol. The molecule has 0 amide bonds. The number of rotatable bonds is 3. The normalized spacial score (nSPS) is 10.9. The molecule has 0 aromatic carbocycles. The van der Waals surface area contributed by atoms with Crippen LogP contribution >= 0.6 is 0 Å². The Labute approximate surface area is 120 Å². The van der Waals surface area contributed by atoms with E-state index in [1.165, 1.54) is 0 Å². The molecule has 106 valence electrons. The molecule has 2 aromatic rings. The Balaban J connectivity index is 2.21. The highest BCUT2D eigenvalue weighted by atomic mass is 14.8. The van der Waals surface area contributed by atoms with Gasteiger partial charge < -0.3 is 0 Å². The minimum atomic E-state index is 0.859. The van der Waals surface area contributed by atoms with E-state index in [0.29, 0.717) is 0 Å². The summed E-state index contributed by atoms with van der Waals surface area (Å²) < 4.78 is 0. The van der Waals surface area contributed by atoms with Crippen LogP contribution in [0.5, 0.6) is 0 Å². The summed E-state index contributed by atoms with van der Waals surface area (Å²) in [6, 6.07) is 0. The quantitative estimate of drug-likeness (QED) is 0.860. The van der Waals surface area contributed by atoms with E-state index in [0.717, 1.165) is 58.4 Å². The Morgan fingerprint density at radius 3 is 1.10 bits per heavy atom. The van der Waals surface area contributed by atoms with Crippen molar-refractivity contribution in [3.05, 3.63) is 45.6 Å². The van der Waals surface area contributed by atoms with Crippen molar-refractivity contribution < 1.29 is 0 Å². The summed E-state index contributed by atoms with van der Waals surface area (Å²) in [5.74, 6) is 0. The van der Waals surface area contributed by atoms with Gasteiger partial charge in [0.15, 0.2) is 0 Å². The van der Waals surface area contributed by atoms with Crippen molar-refractivity contribution in [2.45, 2.75) is 54.4 Å². The molecule has 0 saturated carbocycles. The van der Waals surface area contributed by atoms with Crippen LogP contribution in [0.3, 0.4) is 0 Å². The fraction of sp³-hybridized carbons (Fsp3) is 0.500. The van der Waals surface area contributed by atoms with Crippen molar-refractivity contribution in [3.8, 4) is 0 Å². The lowest BCUT2D eigenvalue weighted by Gasteiger charge is -2.10. The minimum Gasteiger partial charge on any atom is -0.255 e. The van der Waals surface area contributed by atoms with Crippen LogP contribution in [-0.2, 0) is 12.8 Å². The number of aryl methyl sites for hydroxylation is 8. The topological polar surface area (TPSA) is 51.6 Å². The molecular weight excluding hydrogens is 248 g/mol. The second kappa shape index (κ2) is 5.65. The summed E-state index contributed by atoms with van der Waals surface area (Å²) in [5, 5.41) is 0. The van der Waals surface area contributed by atoms with E-state index in [4.69, 9.17) is 0 Å². The molecule has 2 heterocycles. The highest BCUT2D eigenvalue weighted by Crippen LogP contribution is 2.13. The molecule has 20 heavy (non-hydrogen) atoms. The summed E-state index contributed by atoms with van der Waals surface area (Å²) in [7, 11) is 0. The molecule has 0 aliphatic carbocycles. The van der Waals surface area contributed by atoms with E-state index in [1.54, 1.807) is 0 Å². The number of aromatic nitrogens is 4. The van der Waals surface area contributed by atoms with E-state index < -0.39 is 0 Å². The van der Waals surface area contributed by atoms with Gasteiger partial charge in [0.25, 0.3) is 0 Å². The largest absolute Gasteiger partial charge is 0.255 e. The van der Waals surface area contributed by atoms with Crippen molar-refractivity contribution in [1.29, 1.82) is 0 Å². The van der Waals surface area contributed by atoms with Gasteiger partial charge in [0.1, 0.15) is 0 Å². The summed E-state index contributed by atoms with van der Waals surface area (Å²) >= 11 is 0. The van der Waals surface area contributed by atoms with Gasteiger partial charge in [-0.1, -0.05) is 0 Å². The number of hydrogen-bond donors (Lipinski definition) is 0. The van der Waals surface area contributed by atoms with Crippen LogP contribution < -0.4 is 0 Å². The maximum Gasteiger partial charge on any atom is 0.0623 e. The molecule has 0 aliphatic heterocycles. The zero-order valence-corrected chi connectivity index (χ0v) is 13.2. The van der Waals surface area contributed by atoms with Crippen molar-refractivity contribution in [1.82, 2.24) is 19.9 Å². The van der Waals surface area contributed by atoms with Crippen LogP contribution in [0.2, 0.25) is 0 Å². The van der Waals surface area contributed by atoms with Crippen molar-refractivity contribution in [2.24, 2.45) is 0 Å². The van der Waals surface area contributed by atoms with Gasteiger partial charge in [0.05, 0.1) is 45.6 Å². The predicted octanol–water partition coefficient (Wildman–Crippen LogP) is 2.90.